The molecule has 0 saturated heterocycles. The third-order valence-corrected chi connectivity index (χ3v) is 12.4. The van der Waals surface area contributed by atoms with Gasteiger partial charge in [-0.05, 0) is 99.7 Å². The van der Waals surface area contributed by atoms with Gasteiger partial charge in [-0.2, -0.15) is 0 Å². The molecule has 0 aromatic heterocycles. The van der Waals surface area contributed by atoms with E-state index in [-0.39, 0.29) is 33.9 Å². The summed E-state index contributed by atoms with van der Waals surface area (Å²) in [5.74, 6) is 1.74. The van der Waals surface area contributed by atoms with E-state index in [9.17, 15) is 20.4 Å². The van der Waals surface area contributed by atoms with E-state index in [1.54, 1.807) is 13.8 Å². The molecule has 4 nitrogen and oxygen atoms in total. The molecule has 3 fully saturated rings. The molecule has 4 aliphatic rings. The van der Waals surface area contributed by atoms with E-state index in [2.05, 4.69) is 47.6 Å². The molecule has 3 saturated carbocycles. The molecule has 0 aromatic rings. The third-order valence-electron chi connectivity index (χ3n) is 12.4. The summed E-state index contributed by atoms with van der Waals surface area (Å²) in [4.78, 5) is 0. The Labute approximate surface area is 208 Å². The minimum absolute atomic E-state index is 0.0603. The molecule has 4 rings (SSSR count). The fourth-order valence-corrected chi connectivity index (χ4v) is 9.64. The fraction of sp³-hybridized carbons (Fsp3) is 0.933. The van der Waals surface area contributed by atoms with Crippen LogP contribution in [0.2, 0.25) is 0 Å². The van der Waals surface area contributed by atoms with E-state index >= 15 is 0 Å². The molecular formula is C30H52O4. The fourth-order valence-electron chi connectivity index (χ4n) is 9.64. The lowest BCUT2D eigenvalue weighted by Gasteiger charge is -2.67. The Morgan fingerprint density at radius 3 is 2.24 bits per heavy atom. The summed E-state index contributed by atoms with van der Waals surface area (Å²) in [7, 11) is 0. The topological polar surface area (TPSA) is 80.9 Å². The SMILES string of the molecule is C[C@H](CC[C@H](O)C(C)(C)O)[C@@H]1CC[C@]2(C)[C@@H]3CC=C4[C@H](CC[C@H](O)C4(C)C)[C@]3(C)[C@@H](O)C[C@@]12C. The summed E-state index contributed by atoms with van der Waals surface area (Å²) in [6, 6.07) is 0. The number of fused-ring (bicyclic) bond motifs is 5. The second-order valence-corrected chi connectivity index (χ2v) is 14.6. The molecule has 0 bridgehead atoms. The second-order valence-electron chi connectivity index (χ2n) is 14.6. The average Bonchev–Trinajstić information content (AvgIpc) is 2.99. The average molecular weight is 477 g/mol. The Morgan fingerprint density at radius 2 is 1.62 bits per heavy atom. The first-order valence-corrected chi connectivity index (χ1v) is 14.0. The van der Waals surface area contributed by atoms with Crippen LogP contribution in [0, 0.1) is 45.3 Å². The first-order valence-electron chi connectivity index (χ1n) is 14.0. The maximum Gasteiger partial charge on any atom is 0.0849 e. The molecule has 10 atom stereocenters. The lowest BCUT2D eigenvalue weighted by atomic mass is 9.38. The van der Waals surface area contributed by atoms with Gasteiger partial charge in [-0.25, -0.2) is 0 Å². The largest absolute Gasteiger partial charge is 0.393 e. The van der Waals surface area contributed by atoms with E-state index < -0.39 is 11.7 Å². The van der Waals surface area contributed by atoms with E-state index in [0.29, 0.717) is 30.1 Å². The zero-order chi connectivity index (χ0) is 25.5. The Bertz CT molecular complexity index is 811. The monoisotopic (exact) mass is 476 g/mol. The highest BCUT2D eigenvalue weighted by molar-refractivity contribution is 5.31. The Balaban J connectivity index is 1.63. The van der Waals surface area contributed by atoms with Crippen LogP contribution < -0.4 is 0 Å². The van der Waals surface area contributed by atoms with Crippen LogP contribution >= 0.6 is 0 Å². The number of rotatable bonds is 5. The molecule has 34 heavy (non-hydrogen) atoms. The van der Waals surface area contributed by atoms with Gasteiger partial charge in [0, 0.05) is 10.8 Å². The molecule has 4 heteroatoms. The summed E-state index contributed by atoms with van der Waals surface area (Å²) in [6.07, 6.45) is 8.64. The van der Waals surface area contributed by atoms with Crippen LogP contribution in [0.15, 0.2) is 11.6 Å². The van der Waals surface area contributed by atoms with Crippen LogP contribution in [0.3, 0.4) is 0 Å². The molecular weight excluding hydrogens is 424 g/mol. The Hall–Kier alpha value is -0.420. The maximum atomic E-state index is 11.9. The van der Waals surface area contributed by atoms with Gasteiger partial charge in [-0.1, -0.05) is 53.2 Å². The molecule has 4 aliphatic carbocycles. The van der Waals surface area contributed by atoms with Gasteiger partial charge in [0.2, 0.25) is 0 Å². The smallest absolute Gasteiger partial charge is 0.0849 e. The summed E-state index contributed by atoms with van der Waals surface area (Å²) < 4.78 is 0. The van der Waals surface area contributed by atoms with Crippen molar-refractivity contribution in [1.82, 2.24) is 0 Å². The summed E-state index contributed by atoms with van der Waals surface area (Å²) in [6.45, 7) is 17.4. The van der Waals surface area contributed by atoms with Crippen LogP contribution in [0.25, 0.3) is 0 Å². The molecule has 0 unspecified atom stereocenters. The van der Waals surface area contributed by atoms with Gasteiger partial charge in [0.25, 0.3) is 0 Å². The Kier molecular flexibility index (Phi) is 6.50. The van der Waals surface area contributed by atoms with Gasteiger partial charge < -0.3 is 20.4 Å². The third kappa shape index (κ3) is 3.60. The van der Waals surface area contributed by atoms with E-state index in [0.717, 1.165) is 32.1 Å². The van der Waals surface area contributed by atoms with Gasteiger partial charge >= 0.3 is 0 Å². The standard InChI is InChI=1S/C30H52O4/c1-18(9-13-24(32)27(4,5)34)19-15-16-28(6)22-12-10-20-21(11-14-23(31)26(20,2)3)30(22,8)25(33)17-29(19,28)7/h10,18-19,21-25,31-34H,9,11-17H2,1-8H3/t18-,19+,21+,22+,23+,24+,25+,28-,29+,30+/m1/s1. The minimum atomic E-state index is -1.07. The summed E-state index contributed by atoms with van der Waals surface area (Å²) >= 11 is 0. The van der Waals surface area contributed by atoms with Crippen molar-refractivity contribution in [3.05, 3.63) is 11.6 Å². The maximum absolute atomic E-state index is 11.9. The van der Waals surface area contributed by atoms with Crippen molar-refractivity contribution >= 4 is 0 Å². The summed E-state index contributed by atoms with van der Waals surface area (Å²) in [5.41, 5.74) is 0.184. The second kappa shape index (κ2) is 8.30. The molecule has 196 valence electrons. The highest BCUT2D eigenvalue weighted by atomic mass is 16.3. The van der Waals surface area contributed by atoms with Crippen LogP contribution in [0.5, 0.6) is 0 Å². The van der Waals surface area contributed by atoms with Gasteiger partial charge in [0.05, 0.1) is 23.9 Å². The van der Waals surface area contributed by atoms with Gasteiger partial charge in [-0.3, -0.25) is 0 Å². The number of aliphatic hydroxyl groups excluding tert-OH is 3. The van der Waals surface area contributed by atoms with Crippen LogP contribution in [-0.2, 0) is 0 Å². The van der Waals surface area contributed by atoms with Crippen molar-refractivity contribution in [2.24, 2.45) is 45.3 Å². The zero-order valence-electron chi connectivity index (χ0n) is 23.1. The van der Waals surface area contributed by atoms with Crippen LogP contribution in [-0.4, -0.2) is 44.3 Å². The zero-order valence-corrected chi connectivity index (χ0v) is 23.1. The number of allylic oxidation sites excluding steroid dienone is 1. The van der Waals surface area contributed by atoms with Gasteiger partial charge in [0.15, 0.2) is 0 Å². The number of hydrogen-bond acceptors (Lipinski definition) is 4. The van der Waals surface area contributed by atoms with Crippen molar-refractivity contribution in [2.75, 3.05) is 0 Å². The molecule has 0 spiro atoms. The molecule has 0 radical (unpaired) electrons. The first-order chi connectivity index (χ1) is 15.5. The van der Waals surface area contributed by atoms with Crippen molar-refractivity contribution in [2.45, 2.75) is 131 Å². The van der Waals surface area contributed by atoms with E-state index in [1.165, 1.54) is 18.4 Å². The van der Waals surface area contributed by atoms with Gasteiger partial charge in [-0.15, -0.1) is 0 Å². The molecule has 0 heterocycles. The summed E-state index contributed by atoms with van der Waals surface area (Å²) in [5, 5.41) is 43.3. The van der Waals surface area contributed by atoms with Crippen molar-refractivity contribution in [3.8, 4) is 0 Å². The highest BCUT2D eigenvalue weighted by Gasteiger charge is 2.70. The molecule has 4 N–H and O–H groups in total. The number of hydrogen-bond donors (Lipinski definition) is 4. The normalized spacial score (nSPS) is 47.8. The van der Waals surface area contributed by atoms with Crippen LogP contribution in [0.1, 0.15) is 107 Å². The minimum Gasteiger partial charge on any atom is -0.393 e. The Morgan fingerprint density at radius 1 is 0.971 bits per heavy atom. The van der Waals surface area contributed by atoms with E-state index in [1.807, 2.05) is 0 Å². The lowest BCUT2D eigenvalue weighted by Crippen LogP contribution is -2.64. The lowest BCUT2D eigenvalue weighted by molar-refractivity contribution is -0.204. The quantitative estimate of drug-likeness (QED) is 0.397. The van der Waals surface area contributed by atoms with Crippen LogP contribution in [0.4, 0.5) is 0 Å². The predicted octanol–water partition coefficient (Wildman–Crippen LogP) is 5.47. The highest BCUT2D eigenvalue weighted by Crippen LogP contribution is 2.74. The van der Waals surface area contributed by atoms with Gasteiger partial charge in [0.1, 0.15) is 0 Å². The molecule has 0 aromatic carbocycles. The number of aliphatic hydroxyl groups is 4. The van der Waals surface area contributed by atoms with Crippen molar-refractivity contribution in [3.63, 3.8) is 0 Å². The molecule has 0 amide bonds. The first kappa shape index (κ1) is 26.6. The van der Waals surface area contributed by atoms with Crippen molar-refractivity contribution in [1.29, 1.82) is 0 Å². The molecule has 0 aliphatic heterocycles. The predicted molar refractivity (Wildman–Crippen MR) is 137 cm³/mol. The van der Waals surface area contributed by atoms with E-state index in [4.69, 9.17) is 0 Å². The van der Waals surface area contributed by atoms with Crippen molar-refractivity contribution < 1.29 is 20.4 Å².